The van der Waals surface area contributed by atoms with Crippen molar-refractivity contribution in [3.63, 3.8) is 0 Å². The number of nitrogens with one attached hydrogen (secondary N) is 2. The molecule has 0 fully saturated rings. The highest BCUT2D eigenvalue weighted by Gasteiger charge is 2.18. The van der Waals surface area contributed by atoms with Gasteiger partial charge >= 0.3 is 0 Å². The predicted molar refractivity (Wildman–Crippen MR) is 98.8 cm³/mol. The zero-order chi connectivity index (χ0) is 18.2. The van der Waals surface area contributed by atoms with Gasteiger partial charge in [0.15, 0.2) is 12.4 Å². The second-order valence-corrected chi connectivity index (χ2v) is 7.12. The van der Waals surface area contributed by atoms with Crippen molar-refractivity contribution in [1.82, 2.24) is 25.9 Å². The molecule has 25 heavy (non-hydrogen) atoms. The average Bonchev–Trinajstić information content (AvgIpc) is 3.11. The van der Waals surface area contributed by atoms with Gasteiger partial charge in [0.2, 0.25) is 0 Å². The van der Waals surface area contributed by atoms with Crippen LogP contribution in [-0.2, 0) is 4.79 Å². The fourth-order valence-electron chi connectivity index (χ4n) is 2.59. The number of carbonyl (C=O) groups is 1. The second-order valence-electron chi connectivity index (χ2n) is 6.13. The Bertz CT molecular complexity index is 676. The van der Waals surface area contributed by atoms with Crippen LogP contribution in [-0.4, -0.2) is 45.1 Å². The Hall–Kier alpha value is -2.09. The Morgan fingerprint density at radius 3 is 2.80 bits per heavy atom. The fourth-order valence-corrected chi connectivity index (χ4v) is 3.06. The number of carbonyl (C=O) groups excluding carboxylic acids is 1. The smallest absolute Gasteiger partial charge is 0.258 e. The van der Waals surface area contributed by atoms with Crippen molar-refractivity contribution >= 4 is 17.7 Å². The molecule has 8 heteroatoms. The van der Waals surface area contributed by atoms with Crippen LogP contribution in [0, 0.1) is 6.92 Å². The van der Waals surface area contributed by atoms with Crippen molar-refractivity contribution in [3.8, 4) is 5.75 Å². The van der Waals surface area contributed by atoms with Crippen LogP contribution in [0.25, 0.3) is 0 Å². The lowest BCUT2D eigenvalue weighted by Gasteiger charge is -2.16. The number of amides is 1. The van der Waals surface area contributed by atoms with E-state index >= 15 is 0 Å². The van der Waals surface area contributed by atoms with E-state index in [-0.39, 0.29) is 18.6 Å². The van der Waals surface area contributed by atoms with E-state index < -0.39 is 0 Å². The van der Waals surface area contributed by atoms with Crippen LogP contribution >= 0.6 is 11.8 Å². The molecule has 7 nitrogen and oxygen atoms in total. The zero-order valence-electron chi connectivity index (χ0n) is 15.1. The number of H-pyrrole nitrogens is 1. The van der Waals surface area contributed by atoms with Gasteiger partial charge in [0, 0.05) is 0 Å². The molecule has 0 unspecified atom stereocenters. The average molecular weight is 363 g/mol. The Morgan fingerprint density at radius 2 is 2.20 bits per heavy atom. The van der Waals surface area contributed by atoms with Crippen LogP contribution in [0.1, 0.15) is 49.2 Å². The monoisotopic (exact) mass is 363 g/mol. The van der Waals surface area contributed by atoms with Gasteiger partial charge in [-0.15, -0.1) is 10.2 Å². The number of aromatic nitrogens is 4. The summed E-state index contributed by atoms with van der Waals surface area (Å²) in [6.07, 6.45) is 2.75. The number of hydrogen-bond acceptors (Lipinski definition) is 6. The summed E-state index contributed by atoms with van der Waals surface area (Å²) in [6.45, 7) is 6.32. The first-order valence-corrected chi connectivity index (χ1v) is 9.65. The third-order valence-corrected chi connectivity index (χ3v) is 4.50. The van der Waals surface area contributed by atoms with Crippen LogP contribution in [0.15, 0.2) is 18.2 Å². The van der Waals surface area contributed by atoms with Crippen molar-refractivity contribution in [3.05, 3.63) is 35.2 Å². The number of benzene rings is 1. The van der Waals surface area contributed by atoms with Gasteiger partial charge in [-0.3, -0.25) is 4.79 Å². The maximum atomic E-state index is 12.2. The molecule has 1 amide bonds. The first-order valence-electron chi connectivity index (χ1n) is 8.26. The molecule has 0 aliphatic rings. The van der Waals surface area contributed by atoms with Gasteiger partial charge in [-0.25, -0.2) is 0 Å². The highest BCUT2D eigenvalue weighted by Crippen LogP contribution is 2.23. The molecule has 1 aromatic heterocycles. The van der Waals surface area contributed by atoms with Crippen LogP contribution in [0.2, 0.25) is 0 Å². The summed E-state index contributed by atoms with van der Waals surface area (Å²) in [5, 5.41) is 16.8. The van der Waals surface area contributed by atoms with Crippen molar-refractivity contribution in [1.29, 1.82) is 0 Å². The van der Waals surface area contributed by atoms with Crippen LogP contribution < -0.4 is 10.1 Å². The first-order chi connectivity index (χ1) is 12.0. The lowest BCUT2D eigenvalue weighted by molar-refractivity contribution is -0.123. The van der Waals surface area contributed by atoms with Gasteiger partial charge < -0.3 is 10.1 Å². The molecular formula is C17H25N5O2S. The van der Waals surface area contributed by atoms with Crippen molar-refractivity contribution in [2.24, 2.45) is 0 Å². The molecule has 2 rings (SSSR count). The van der Waals surface area contributed by atoms with Crippen LogP contribution in [0.4, 0.5) is 0 Å². The minimum Gasteiger partial charge on any atom is -0.484 e. The predicted octanol–water partition coefficient (Wildman–Crippen LogP) is 2.62. The first kappa shape index (κ1) is 19.2. The van der Waals surface area contributed by atoms with E-state index in [1.807, 2.05) is 24.5 Å². The van der Waals surface area contributed by atoms with Crippen LogP contribution in [0.3, 0.4) is 0 Å². The van der Waals surface area contributed by atoms with E-state index in [1.165, 1.54) is 5.56 Å². The molecule has 0 spiro atoms. The number of rotatable bonds is 9. The molecule has 2 aromatic rings. The van der Waals surface area contributed by atoms with Gasteiger partial charge in [0.05, 0.1) is 6.04 Å². The minimum absolute atomic E-state index is 0.0475. The number of tetrazole rings is 1. The third kappa shape index (κ3) is 5.74. The lowest BCUT2D eigenvalue weighted by Crippen LogP contribution is -2.33. The SMILES string of the molecule is CSCC[C@H](NC(=O)COc1ccc(C(C)C)c(C)c1)c1nn[nH]n1. The maximum Gasteiger partial charge on any atom is 0.258 e. The number of nitrogens with zero attached hydrogens (tertiary/aromatic N) is 3. The quantitative estimate of drug-likeness (QED) is 0.711. The Morgan fingerprint density at radius 1 is 1.40 bits per heavy atom. The highest BCUT2D eigenvalue weighted by atomic mass is 32.2. The molecule has 0 saturated heterocycles. The molecular weight excluding hydrogens is 338 g/mol. The molecule has 1 aromatic carbocycles. The lowest BCUT2D eigenvalue weighted by atomic mass is 9.98. The largest absolute Gasteiger partial charge is 0.484 e. The minimum atomic E-state index is -0.271. The number of thioether (sulfide) groups is 1. The van der Waals surface area contributed by atoms with Gasteiger partial charge in [-0.05, 0) is 54.5 Å². The number of aryl methyl sites for hydroxylation is 1. The molecule has 0 aliphatic heterocycles. The van der Waals surface area contributed by atoms with Gasteiger partial charge in [0.25, 0.3) is 5.91 Å². The molecule has 0 saturated carbocycles. The summed E-state index contributed by atoms with van der Waals surface area (Å²) in [7, 11) is 0. The Balaban J connectivity index is 1.91. The Kier molecular flexibility index (Phi) is 7.24. The fraction of sp³-hybridized carbons (Fsp3) is 0.529. The van der Waals surface area contributed by atoms with Crippen molar-refractivity contribution in [2.45, 2.75) is 39.2 Å². The Labute approximate surface area is 152 Å². The van der Waals surface area contributed by atoms with Crippen molar-refractivity contribution < 1.29 is 9.53 Å². The highest BCUT2D eigenvalue weighted by molar-refractivity contribution is 7.98. The van der Waals surface area contributed by atoms with Gasteiger partial charge in [-0.1, -0.05) is 25.1 Å². The van der Waals surface area contributed by atoms with E-state index in [4.69, 9.17) is 4.74 Å². The molecule has 0 radical (unpaired) electrons. The number of hydrogen-bond donors (Lipinski definition) is 2. The maximum absolute atomic E-state index is 12.2. The third-order valence-electron chi connectivity index (χ3n) is 3.85. The summed E-state index contributed by atoms with van der Waals surface area (Å²) in [5.74, 6) is 2.32. The normalized spacial score (nSPS) is 12.2. The van der Waals surface area contributed by atoms with E-state index in [2.05, 4.69) is 46.7 Å². The number of ether oxygens (including phenoxy) is 1. The second kappa shape index (κ2) is 9.41. The summed E-state index contributed by atoms with van der Waals surface area (Å²) in [5.41, 5.74) is 2.45. The molecule has 1 heterocycles. The van der Waals surface area contributed by atoms with Gasteiger partial charge in [0.1, 0.15) is 5.75 Å². The summed E-state index contributed by atoms with van der Waals surface area (Å²) in [6, 6.07) is 5.65. The van der Waals surface area contributed by atoms with E-state index in [0.717, 1.165) is 17.7 Å². The topological polar surface area (TPSA) is 92.8 Å². The summed E-state index contributed by atoms with van der Waals surface area (Å²) in [4.78, 5) is 12.2. The summed E-state index contributed by atoms with van der Waals surface area (Å²) < 4.78 is 5.62. The standard InChI is InChI=1S/C17H25N5O2S/c1-11(2)14-6-5-13(9-12(14)3)24-10-16(23)18-15(7-8-25-4)17-19-21-22-20-17/h5-6,9,11,15H,7-8,10H2,1-4H3,(H,18,23)(H,19,20,21,22)/t15-/m0/s1. The molecule has 136 valence electrons. The summed E-state index contributed by atoms with van der Waals surface area (Å²) >= 11 is 1.70. The molecule has 0 aliphatic carbocycles. The van der Waals surface area contributed by atoms with Gasteiger partial charge in [-0.2, -0.15) is 17.0 Å². The number of aromatic amines is 1. The van der Waals surface area contributed by atoms with Crippen LogP contribution in [0.5, 0.6) is 5.75 Å². The molecule has 1 atom stereocenters. The van der Waals surface area contributed by atoms with E-state index in [0.29, 0.717) is 17.5 Å². The van der Waals surface area contributed by atoms with Crippen molar-refractivity contribution in [2.75, 3.05) is 18.6 Å². The van der Waals surface area contributed by atoms with E-state index in [9.17, 15) is 4.79 Å². The molecule has 0 bridgehead atoms. The van der Waals surface area contributed by atoms with E-state index in [1.54, 1.807) is 11.8 Å². The zero-order valence-corrected chi connectivity index (χ0v) is 15.9. The molecule has 2 N–H and O–H groups in total.